The van der Waals surface area contributed by atoms with E-state index in [1.54, 1.807) is 0 Å². The summed E-state index contributed by atoms with van der Waals surface area (Å²) in [4.78, 5) is 23.6. The molecular formula is C16H12ClFN2O6S. The Labute approximate surface area is 158 Å². The average Bonchev–Trinajstić information content (AvgIpc) is 2.59. The molecule has 142 valence electrons. The highest BCUT2D eigenvalue weighted by Gasteiger charge is 2.29. The quantitative estimate of drug-likeness (QED) is 0.774. The molecular weight excluding hydrogens is 403 g/mol. The van der Waals surface area contributed by atoms with Crippen molar-refractivity contribution in [3.63, 3.8) is 0 Å². The van der Waals surface area contributed by atoms with Gasteiger partial charge in [-0.2, -0.15) is 0 Å². The molecule has 1 amide bonds. The molecule has 0 spiro atoms. The number of carbonyl (C=O) groups excluding carboxylic acids is 1. The smallest absolute Gasteiger partial charge is 0.323 e. The number of halogens is 2. The number of benzene rings is 2. The van der Waals surface area contributed by atoms with Gasteiger partial charge < -0.3 is 9.84 Å². The van der Waals surface area contributed by atoms with E-state index in [1.165, 1.54) is 12.1 Å². The minimum absolute atomic E-state index is 0.0155. The van der Waals surface area contributed by atoms with Crippen LogP contribution in [0.4, 0.5) is 15.8 Å². The van der Waals surface area contributed by atoms with Crippen LogP contribution in [0, 0.1) is 5.82 Å². The van der Waals surface area contributed by atoms with Gasteiger partial charge in [-0.1, -0.05) is 11.6 Å². The van der Waals surface area contributed by atoms with Crippen LogP contribution in [-0.2, 0) is 19.6 Å². The average molecular weight is 415 g/mol. The molecule has 1 heterocycles. The molecule has 0 saturated heterocycles. The number of nitrogens with one attached hydrogen (secondary N) is 1. The van der Waals surface area contributed by atoms with Crippen molar-refractivity contribution < 1.29 is 32.2 Å². The molecule has 0 fully saturated rings. The first-order valence-electron chi connectivity index (χ1n) is 7.44. The Balaban J connectivity index is 1.98. The van der Waals surface area contributed by atoms with E-state index >= 15 is 0 Å². The standard InChI is InChI=1S/C16H12ClFN2O6S/c17-11-5-9(18)1-3-12(11)19-27(24,25)10-2-4-14-13(6-10)20(7-16(22)23)15(21)8-26-14/h1-6,19H,7-8H2,(H,22,23). The first kappa shape index (κ1) is 18.9. The van der Waals surface area contributed by atoms with Gasteiger partial charge in [-0.15, -0.1) is 0 Å². The fraction of sp³-hybridized carbons (Fsp3) is 0.125. The first-order chi connectivity index (χ1) is 12.7. The number of nitrogens with zero attached hydrogens (tertiary/aromatic N) is 1. The van der Waals surface area contributed by atoms with Crippen LogP contribution in [0.15, 0.2) is 41.3 Å². The number of carbonyl (C=O) groups is 2. The lowest BCUT2D eigenvalue weighted by Crippen LogP contribution is -2.42. The minimum Gasteiger partial charge on any atom is -0.482 e. The zero-order chi connectivity index (χ0) is 19.8. The maximum Gasteiger partial charge on any atom is 0.323 e. The summed E-state index contributed by atoms with van der Waals surface area (Å²) in [5, 5.41) is 8.84. The normalized spacial score (nSPS) is 13.7. The Morgan fingerprint density at radius 3 is 2.70 bits per heavy atom. The summed E-state index contributed by atoms with van der Waals surface area (Å²) in [6.45, 7) is -0.994. The number of carboxylic acid groups (broad SMARTS) is 1. The van der Waals surface area contributed by atoms with Crippen molar-refractivity contribution in [1.29, 1.82) is 0 Å². The molecule has 2 N–H and O–H groups in total. The van der Waals surface area contributed by atoms with E-state index in [0.29, 0.717) is 0 Å². The Hall–Kier alpha value is -2.85. The van der Waals surface area contributed by atoms with E-state index in [0.717, 1.165) is 29.2 Å². The molecule has 1 aliphatic heterocycles. The van der Waals surface area contributed by atoms with Crippen LogP contribution < -0.4 is 14.4 Å². The van der Waals surface area contributed by atoms with Crippen LogP contribution in [0.3, 0.4) is 0 Å². The lowest BCUT2D eigenvalue weighted by atomic mass is 10.2. The van der Waals surface area contributed by atoms with Gasteiger partial charge in [0, 0.05) is 0 Å². The second-order valence-corrected chi connectivity index (χ2v) is 7.61. The van der Waals surface area contributed by atoms with Crippen LogP contribution in [0.2, 0.25) is 5.02 Å². The van der Waals surface area contributed by atoms with Gasteiger partial charge in [0.2, 0.25) is 0 Å². The van der Waals surface area contributed by atoms with Gasteiger partial charge in [-0.3, -0.25) is 19.2 Å². The Kier molecular flexibility index (Phi) is 4.94. The SMILES string of the molecule is O=C(O)CN1C(=O)COc2ccc(S(=O)(=O)Nc3ccc(F)cc3Cl)cc21. The van der Waals surface area contributed by atoms with Gasteiger partial charge >= 0.3 is 5.97 Å². The fourth-order valence-electron chi connectivity index (χ4n) is 2.43. The molecule has 0 aliphatic carbocycles. The number of anilines is 2. The van der Waals surface area contributed by atoms with E-state index in [1.807, 2.05) is 0 Å². The van der Waals surface area contributed by atoms with Crippen LogP contribution in [0.5, 0.6) is 5.75 Å². The first-order valence-corrected chi connectivity index (χ1v) is 9.30. The predicted molar refractivity (Wildman–Crippen MR) is 94.1 cm³/mol. The topological polar surface area (TPSA) is 113 Å². The number of sulfonamides is 1. The highest BCUT2D eigenvalue weighted by atomic mass is 35.5. The minimum atomic E-state index is -4.15. The van der Waals surface area contributed by atoms with Gasteiger partial charge in [0.25, 0.3) is 15.9 Å². The second-order valence-electron chi connectivity index (χ2n) is 5.52. The summed E-state index contributed by atoms with van der Waals surface area (Å²) in [6.07, 6.45) is 0. The van der Waals surface area contributed by atoms with Crippen molar-refractivity contribution >= 4 is 44.9 Å². The van der Waals surface area contributed by atoms with Crippen LogP contribution in [-0.4, -0.2) is 38.6 Å². The van der Waals surface area contributed by atoms with Crippen molar-refractivity contribution in [2.45, 2.75) is 4.90 Å². The maximum absolute atomic E-state index is 13.1. The third-order valence-electron chi connectivity index (χ3n) is 3.65. The van der Waals surface area contributed by atoms with Gasteiger partial charge in [-0.05, 0) is 36.4 Å². The van der Waals surface area contributed by atoms with E-state index in [4.69, 9.17) is 21.4 Å². The van der Waals surface area contributed by atoms with E-state index in [-0.39, 0.29) is 33.6 Å². The van der Waals surface area contributed by atoms with Gasteiger partial charge in [-0.25, -0.2) is 12.8 Å². The van der Waals surface area contributed by atoms with Crippen molar-refractivity contribution in [2.24, 2.45) is 0 Å². The molecule has 27 heavy (non-hydrogen) atoms. The molecule has 0 unspecified atom stereocenters. The summed E-state index contributed by atoms with van der Waals surface area (Å²) in [5.74, 6) is -2.33. The summed E-state index contributed by atoms with van der Waals surface area (Å²) in [7, 11) is -4.15. The summed E-state index contributed by atoms with van der Waals surface area (Å²) in [5.41, 5.74) is -0.0211. The van der Waals surface area contributed by atoms with Crippen LogP contribution >= 0.6 is 11.6 Å². The molecule has 3 rings (SSSR count). The number of fused-ring (bicyclic) bond motifs is 1. The van der Waals surface area contributed by atoms with Gasteiger partial charge in [0.1, 0.15) is 18.1 Å². The van der Waals surface area contributed by atoms with Crippen molar-refractivity contribution in [3.8, 4) is 5.75 Å². The Morgan fingerprint density at radius 1 is 1.30 bits per heavy atom. The Bertz CT molecular complexity index is 1040. The zero-order valence-electron chi connectivity index (χ0n) is 13.5. The second kappa shape index (κ2) is 7.05. The van der Waals surface area contributed by atoms with E-state index in [9.17, 15) is 22.4 Å². The molecule has 0 aromatic heterocycles. The number of amides is 1. The maximum atomic E-state index is 13.1. The molecule has 0 saturated carbocycles. The lowest BCUT2D eigenvalue weighted by Gasteiger charge is -2.28. The number of hydrogen-bond donors (Lipinski definition) is 2. The highest BCUT2D eigenvalue weighted by molar-refractivity contribution is 7.92. The number of aliphatic carboxylic acids is 1. The summed E-state index contributed by atoms with van der Waals surface area (Å²) >= 11 is 5.83. The number of rotatable bonds is 5. The molecule has 1 aliphatic rings. The molecule has 11 heteroatoms. The molecule has 8 nitrogen and oxygen atoms in total. The number of carboxylic acids is 1. The monoisotopic (exact) mass is 414 g/mol. The van der Waals surface area contributed by atoms with Crippen molar-refractivity contribution in [2.75, 3.05) is 22.8 Å². The number of ether oxygens (including phenoxy) is 1. The Morgan fingerprint density at radius 2 is 2.04 bits per heavy atom. The van der Waals surface area contributed by atoms with Crippen molar-refractivity contribution in [1.82, 2.24) is 0 Å². The van der Waals surface area contributed by atoms with Crippen molar-refractivity contribution in [3.05, 3.63) is 47.2 Å². The summed E-state index contributed by atoms with van der Waals surface area (Å²) < 4.78 is 45.8. The van der Waals surface area contributed by atoms with E-state index in [2.05, 4.69) is 4.72 Å². The third-order valence-corrected chi connectivity index (χ3v) is 5.33. The molecule has 2 aromatic carbocycles. The highest BCUT2D eigenvalue weighted by Crippen LogP contribution is 2.35. The van der Waals surface area contributed by atoms with Gasteiger partial charge in [0.15, 0.2) is 6.61 Å². The molecule has 0 radical (unpaired) electrons. The van der Waals surface area contributed by atoms with Crippen LogP contribution in [0.1, 0.15) is 0 Å². The third kappa shape index (κ3) is 3.96. The predicted octanol–water partition coefficient (Wildman–Crippen LogP) is 2.09. The largest absolute Gasteiger partial charge is 0.482 e. The lowest BCUT2D eigenvalue weighted by molar-refractivity contribution is -0.137. The number of hydrogen-bond acceptors (Lipinski definition) is 5. The molecule has 0 bridgehead atoms. The molecule has 0 atom stereocenters. The fourth-order valence-corrected chi connectivity index (χ4v) is 3.80. The van der Waals surface area contributed by atoms with Gasteiger partial charge in [0.05, 0.1) is 21.3 Å². The zero-order valence-corrected chi connectivity index (χ0v) is 15.1. The summed E-state index contributed by atoms with van der Waals surface area (Å²) in [6, 6.07) is 6.82. The van der Waals surface area contributed by atoms with E-state index < -0.39 is 34.3 Å². The molecule has 2 aromatic rings. The van der Waals surface area contributed by atoms with Crippen LogP contribution in [0.25, 0.3) is 0 Å².